The number of nitrogens with one attached hydrogen (secondary N) is 1. The number of thiophene rings is 1. The van der Waals surface area contributed by atoms with E-state index in [2.05, 4.69) is 15.5 Å². The lowest BCUT2D eigenvalue weighted by atomic mass is 10.1. The van der Waals surface area contributed by atoms with Crippen molar-refractivity contribution < 1.29 is 14.3 Å². The Labute approximate surface area is 206 Å². The van der Waals surface area contributed by atoms with Crippen molar-refractivity contribution in [2.45, 2.75) is 26.8 Å². The summed E-state index contributed by atoms with van der Waals surface area (Å²) in [7, 11) is 1.57. The molecule has 0 aliphatic heterocycles. The Morgan fingerprint density at radius 3 is 2.74 bits per heavy atom. The van der Waals surface area contributed by atoms with Gasteiger partial charge in [-0.2, -0.15) is 5.10 Å². The molecule has 0 fully saturated rings. The van der Waals surface area contributed by atoms with Crippen molar-refractivity contribution in [2.24, 2.45) is 5.10 Å². The van der Waals surface area contributed by atoms with Crippen LogP contribution in [0, 0.1) is 6.92 Å². The Hall–Kier alpha value is -3.98. The summed E-state index contributed by atoms with van der Waals surface area (Å²) in [4.78, 5) is 30.6. The van der Waals surface area contributed by atoms with Gasteiger partial charge in [0.15, 0.2) is 11.5 Å². The average molecular weight is 491 g/mol. The number of hydrogen-bond donors (Lipinski definition) is 1. The zero-order valence-corrected chi connectivity index (χ0v) is 20.6. The molecule has 0 bridgehead atoms. The second-order valence-corrected chi connectivity index (χ2v) is 8.78. The average Bonchev–Trinajstić information content (AvgIpc) is 3.30. The van der Waals surface area contributed by atoms with Gasteiger partial charge in [-0.25, -0.2) is 10.4 Å². The minimum absolute atomic E-state index is 0.199. The molecule has 2 aromatic carbocycles. The molecule has 4 rings (SSSR count). The largest absolute Gasteiger partial charge is 0.493 e. The molecule has 1 N–H and O–H groups in total. The molecule has 0 aliphatic carbocycles. The highest BCUT2D eigenvalue weighted by Gasteiger charge is 2.14. The number of hydrazone groups is 1. The van der Waals surface area contributed by atoms with Crippen molar-refractivity contribution in [3.63, 3.8) is 0 Å². The third-order valence-electron chi connectivity index (χ3n) is 5.29. The molecule has 2 aromatic heterocycles. The van der Waals surface area contributed by atoms with E-state index in [0.29, 0.717) is 28.3 Å². The lowest BCUT2D eigenvalue weighted by molar-refractivity contribution is -0.121. The summed E-state index contributed by atoms with van der Waals surface area (Å²) in [6, 6.07) is 13.3. The van der Waals surface area contributed by atoms with E-state index in [0.717, 1.165) is 28.7 Å². The molecule has 2 heterocycles. The predicted octanol–water partition coefficient (Wildman–Crippen LogP) is 4.38. The van der Waals surface area contributed by atoms with Crippen LogP contribution in [-0.4, -0.2) is 35.4 Å². The van der Waals surface area contributed by atoms with E-state index in [-0.39, 0.29) is 12.1 Å². The number of methoxy groups -OCH3 is 1. The quantitative estimate of drug-likeness (QED) is 0.278. The second kappa shape index (κ2) is 11.0. The Kier molecular flexibility index (Phi) is 7.57. The maximum Gasteiger partial charge on any atom is 0.263 e. The SMILES string of the molecule is CCCOc1ccc(C=NNC(=O)Cn2cnc3scc(-c4ccc(C)cc4)c3c2=O)cc1OC. The molecular formula is C26H26N4O4S. The van der Waals surface area contributed by atoms with E-state index in [1.54, 1.807) is 19.2 Å². The predicted molar refractivity (Wildman–Crippen MR) is 139 cm³/mol. The molecule has 0 unspecified atom stereocenters. The first-order chi connectivity index (χ1) is 17.0. The summed E-state index contributed by atoms with van der Waals surface area (Å²) in [5.41, 5.74) is 5.82. The van der Waals surface area contributed by atoms with Crippen molar-refractivity contribution in [3.05, 3.63) is 75.7 Å². The number of ether oxygens (including phenoxy) is 2. The smallest absolute Gasteiger partial charge is 0.263 e. The van der Waals surface area contributed by atoms with E-state index in [1.807, 2.05) is 49.6 Å². The summed E-state index contributed by atoms with van der Waals surface area (Å²) in [5.74, 6) is 0.794. The maximum absolute atomic E-state index is 13.1. The zero-order chi connectivity index (χ0) is 24.8. The molecule has 9 heteroatoms. The Balaban J connectivity index is 1.47. The van der Waals surface area contributed by atoms with Crippen LogP contribution in [0.4, 0.5) is 0 Å². The van der Waals surface area contributed by atoms with Crippen LogP contribution in [0.25, 0.3) is 21.3 Å². The normalized spacial score (nSPS) is 11.2. The van der Waals surface area contributed by atoms with E-state index in [1.165, 1.54) is 28.4 Å². The number of fused-ring (bicyclic) bond motifs is 1. The van der Waals surface area contributed by atoms with Gasteiger partial charge in [0.25, 0.3) is 11.5 Å². The molecule has 0 saturated carbocycles. The Morgan fingerprint density at radius 2 is 2.00 bits per heavy atom. The van der Waals surface area contributed by atoms with E-state index in [9.17, 15) is 9.59 Å². The number of rotatable bonds is 9. The first-order valence-corrected chi connectivity index (χ1v) is 12.0. The highest BCUT2D eigenvalue weighted by Crippen LogP contribution is 2.31. The number of aromatic nitrogens is 2. The fourth-order valence-corrected chi connectivity index (χ4v) is 4.40. The number of carbonyl (C=O) groups is 1. The first-order valence-electron chi connectivity index (χ1n) is 11.2. The summed E-state index contributed by atoms with van der Waals surface area (Å²) in [6.45, 7) is 4.44. The van der Waals surface area contributed by atoms with Crippen LogP contribution in [0.2, 0.25) is 0 Å². The molecule has 0 radical (unpaired) electrons. The van der Waals surface area contributed by atoms with Gasteiger partial charge in [0.05, 0.1) is 31.6 Å². The molecule has 35 heavy (non-hydrogen) atoms. The van der Waals surface area contributed by atoms with Gasteiger partial charge in [-0.3, -0.25) is 14.2 Å². The molecule has 8 nitrogen and oxygen atoms in total. The number of nitrogens with zero attached hydrogens (tertiary/aromatic N) is 3. The van der Waals surface area contributed by atoms with E-state index >= 15 is 0 Å². The van der Waals surface area contributed by atoms with Crippen LogP contribution in [0.5, 0.6) is 11.5 Å². The number of amides is 1. The molecular weight excluding hydrogens is 464 g/mol. The lowest BCUT2D eigenvalue weighted by Gasteiger charge is -2.10. The monoisotopic (exact) mass is 490 g/mol. The fourth-order valence-electron chi connectivity index (χ4n) is 3.49. The zero-order valence-electron chi connectivity index (χ0n) is 19.8. The Bertz CT molecular complexity index is 1420. The van der Waals surface area contributed by atoms with Gasteiger partial charge in [-0.05, 0) is 42.7 Å². The summed E-state index contributed by atoms with van der Waals surface area (Å²) in [6.07, 6.45) is 3.79. The van der Waals surface area contributed by atoms with Gasteiger partial charge in [-0.1, -0.05) is 36.8 Å². The number of carbonyl (C=O) groups excluding carboxylic acids is 1. The standard InChI is InChI=1S/C26H26N4O4S/c1-4-11-34-21-10-7-18(12-22(21)33-3)13-28-29-23(31)14-30-16-27-25-24(26(30)32)20(15-35-25)19-8-5-17(2)6-9-19/h5-10,12-13,15-16H,4,11,14H2,1-3H3,(H,29,31). The van der Waals surface area contributed by atoms with Crippen LogP contribution < -0.4 is 20.5 Å². The van der Waals surface area contributed by atoms with Crippen LogP contribution in [0.15, 0.2) is 64.1 Å². The minimum atomic E-state index is -0.438. The fraction of sp³-hybridized carbons (Fsp3) is 0.231. The second-order valence-electron chi connectivity index (χ2n) is 7.93. The molecule has 0 spiro atoms. The van der Waals surface area contributed by atoms with Crippen LogP contribution in [-0.2, 0) is 11.3 Å². The minimum Gasteiger partial charge on any atom is -0.493 e. The summed E-state index contributed by atoms with van der Waals surface area (Å²) >= 11 is 1.41. The highest BCUT2D eigenvalue weighted by molar-refractivity contribution is 7.17. The molecule has 0 aliphatic rings. The van der Waals surface area contributed by atoms with Gasteiger partial charge in [0.1, 0.15) is 11.4 Å². The Morgan fingerprint density at radius 1 is 1.20 bits per heavy atom. The van der Waals surface area contributed by atoms with E-state index in [4.69, 9.17) is 9.47 Å². The third-order valence-corrected chi connectivity index (χ3v) is 6.18. The molecule has 180 valence electrons. The molecule has 0 saturated heterocycles. The van der Waals surface area contributed by atoms with Crippen LogP contribution in [0.1, 0.15) is 24.5 Å². The lowest BCUT2D eigenvalue weighted by Crippen LogP contribution is -2.30. The molecule has 1 amide bonds. The molecule has 4 aromatic rings. The summed E-state index contributed by atoms with van der Waals surface area (Å²) < 4.78 is 12.3. The van der Waals surface area contributed by atoms with Gasteiger partial charge in [0, 0.05) is 10.9 Å². The van der Waals surface area contributed by atoms with Gasteiger partial charge in [0.2, 0.25) is 0 Å². The van der Waals surface area contributed by atoms with Gasteiger partial charge < -0.3 is 9.47 Å². The number of hydrogen-bond acceptors (Lipinski definition) is 7. The van der Waals surface area contributed by atoms with Crippen molar-refractivity contribution in [1.82, 2.24) is 15.0 Å². The number of benzene rings is 2. The maximum atomic E-state index is 13.1. The van der Waals surface area contributed by atoms with Crippen LogP contribution >= 0.6 is 11.3 Å². The van der Waals surface area contributed by atoms with Gasteiger partial charge >= 0.3 is 0 Å². The van der Waals surface area contributed by atoms with Crippen LogP contribution in [0.3, 0.4) is 0 Å². The van der Waals surface area contributed by atoms with Crippen molar-refractivity contribution >= 4 is 33.7 Å². The van der Waals surface area contributed by atoms with Crippen molar-refractivity contribution in [2.75, 3.05) is 13.7 Å². The third kappa shape index (κ3) is 5.58. The highest BCUT2D eigenvalue weighted by atomic mass is 32.1. The molecule has 0 atom stereocenters. The number of aryl methyl sites for hydroxylation is 1. The first kappa shape index (κ1) is 24.2. The topological polar surface area (TPSA) is 94.8 Å². The van der Waals surface area contributed by atoms with E-state index < -0.39 is 5.91 Å². The van der Waals surface area contributed by atoms with Gasteiger partial charge in [-0.15, -0.1) is 11.3 Å². The van der Waals surface area contributed by atoms with Crippen molar-refractivity contribution in [3.8, 4) is 22.6 Å². The summed E-state index contributed by atoms with van der Waals surface area (Å²) in [5, 5.41) is 6.44. The van der Waals surface area contributed by atoms with Crippen molar-refractivity contribution in [1.29, 1.82) is 0 Å².